The van der Waals surface area contributed by atoms with Crippen LogP contribution in [0.3, 0.4) is 0 Å². The van der Waals surface area contributed by atoms with Crippen LogP contribution in [0.4, 0.5) is 10.5 Å². The fourth-order valence-corrected chi connectivity index (χ4v) is 2.28. The van der Waals surface area contributed by atoms with Crippen molar-refractivity contribution < 1.29 is 24.2 Å². The minimum atomic E-state index is -0.776. The number of phenolic OH excluding ortho intramolecular Hbond substituents is 1. The number of rotatable bonds is 1. The van der Waals surface area contributed by atoms with Crippen LogP contribution in [0.15, 0.2) is 18.2 Å². The van der Waals surface area contributed by atoms with Crippen LogP contribution in [0.25, 0.3) is 0 Å². The average molecular weight is 293 g/mol. The lowest BCUT2D eigenvalue weighted by atomic mass is 10.1. The third kappa shape index (κ3) is 3.09. The van der Waals surface area contributed by atoms with Crippen LogP contribution in [0.2, 0.25) is 0 Å². The minimum Gasteiger partial charge on any atom is -0.508 e. The van der Waals surface area contributed by atoms with Crippen LogP contribution in [0.5, 0.6) is 5.75 Å². The number of phenols is 1. The highest BCUT2D eigenvalue weighted by Crippen LogP contribution is 2.36. The number of anilines is 1. The smallest absolute Gasteiger partial charge is 0.415 e. The fraction of sp³-hybridized carbons (Fsp3) is 0.467. The predicted molar refractivity (Wildman–Crippen MR) is 76.3 cm³/mol. The summed E-state index contributed by atoms with van der Waals surface area (Å²) < 4.78 is 10.1. The molecule has 1 aromatic carbocycles. The number of esters is 1. The summed E-state index contributed by atoms with van der Waals surface area (Å²) in [6.07, 6.45) is -0.302. The molecule has 1 N–H and O–H groups in total. The molecule has 6 heteroatoms. The molecule has 1 aliphatic heterocycles. The number of ether oxygens (including phenoxy) is 2. The molecule has 1 aliphatic rings. The number of hydrogen-bond acceptors (Lipinski definition) is 5. The molecule has 2 rings (SSSR count). The monoisotopic (exact) mass is 293 g/mol. The Morgan fingerprint density at radius 1 is 1.33 bits per heavy atom. The van der Waals surface area contributed by atoms with Gasteiger partial charge in [-0.2, -0.15) is 0 Å². The summed E-state index contributed by atoms with van der Waals surface area (Å²) >= 11 is 0. The van der Waals surface area contributed by atoms with Gasteiger partial charge < -0.3 is 14.6 Å². The van der Waals surface area contributed by atoms with E-state index in [2.05, 4.69) is 0 Å². The predicted octanol–water partition coefficient (Wildman–Crippen LogP) is 2.23. The molecule has 0 aromatic heterocycles. The van der Waals surface area contributed by atoms with Crippen LogP contribution in [0.1, 0.15) is 26.3 Å². The first kappa shape index (κ1) is 15.2. The number of carbonyl (C=O) groups excluding carboxylic acids is 2. The highest BCUT2D eigenvalue weighted by molar-refractivity contribution is 5.99. The highest BCUT2D eigenvalue weighted by Gasteiger charge is 2.41. The number of benzene rings is 1. The van der Waals surface area contributed by atoms with Gasteiger partial charge in [-0.05, 0) is 32.4 Å². The van der Waals surface area contributed by atoms with Crippen molar-refractivity contribution in [3.8, 4) is 5.75 Å². The molecule has 1 unspecified atom stereocenters. The third-order valence-electron chi connectivity index (χ3n) is 3.12. The molecule has 0 radical (unpaired) electrons. The second kappa shape index (κ2) is 5.27. The number of hydrogen-bond donors (Lipinski definition) is 1. The van der Waals surface area contributed by atoms with E-state index in [1.807, 2.05) is 0 Å². The van der Waals surface area contributed by atoms with E-state index < -0.39 is 23.7 Å². The maximum atomic E-state index is 12.4. The lowest BCUT2D eigenvalue weighted by molar-refractivity contribution is -0.142. The zero-order valence-corrected chi connectivity index (χ0v) is 12.5. The first-order valence-electron chi connectivity index (χ1n) is 6.65. The van der Waals surface area contributed by atoms with E-state index in [0.29, 0.717) is 12.1 Å². The molecule has 1 heterocycles. The zero-order valence-electron chi connectivity index (χ0n) is 12.5. The Bertz CT molecular complexity index is 576. The first-order valence-corrected chi connectivity index (χ1v) is 6.65. The largest absolute Gasteiger partial charge is 0.508 e. The molecule has 0 aliphatic carbocycles. The van der Waals surface area contributed by atoms with E-state index in [0.717, 1.165) is 5.56 Å². The summed E-state index contributed by atoms with van der Waals surface area (Å²) in [7, 11) is 1.27. The second-order valence-corrected chi connectivity index (χ2v) is 5.91. The van der Waals surface area contributed by atoms with Gasteiger partial charge >= 0.3 is 12.1 Å². The number of aromatic hydroxyl groups is 1. The van der Waals surface area contributed by atoms with Crippen molar-refractivity contribution in [3.63, 3.8) is 0 Å². The van der Waals surface area contributed by atoms with Gasteiger partial charge in [0.15, 0.2) is 0 Å². The lowest BCUT2D eigenvalue weighted by Crippen LogP contribution is -2.45. The third-order valence-corrected chi connectivity index (χ3v) is 3.12. The Kier molecular flexibility index (Phi) is 3.80. The van der Waals surface area contributed by atoms with Crippen molar-refractivity contribution in [2.75, 3.05) is 12.0 Å². The Morgan fingerprint density at radius 3 is 2.57 bits per heavy atom. The summed E-state index contributed by atoms with van der Waals surface area (Å²) in [5.41, 5.74) is 0.575. The van der Waals surface area contributed by atoms with Gasteiger partial charge in [-0.25, -0.2) is 9.59 Å². The summed E-state index contributed by atoms with van der Waals surface area (Å²) in [6.45, 7) is 5.24. The van der Waals surface area contributed by atoms with Gasteiger partial charge in [-0.15, -0.1) is 0 Å². The number of carbonyl (C=O) groups is 2. The van der Waals surface area contributed by atoms with E-state index in [9.17, 15) is 14.7 Å². The van der Waals surface area contributed by atoms with Crippen molar-refractivity contribution in [2.45, 2.75) is 38.8 Å². The van der Waals surface area contributed by atoms with Gasteiger partial charge in [-0.3, -0.25) is 4.90 Å². The quantitative estimate of drug-likeness (QED) is 0.804. The SMILES string of the molecule is COC(=O)C1Cc2ccc(O)cc2N1C(=O)OC(C)(C)C. The number of nitrogens with zero attached hydrogens (tertiary/aromatic N) is 1. The van der Waals surface area contributed by atoms with E-state index in [1.165, 1.54) is 24.1 Å². The highest BCUT2D eigenvalue weighted by atomic mass is 16.6. The summed E-state index contributed by atoms with van der Waals surface area (Å²) in [5.74, 6) is -0.496. The Labute approximate surface area is 123 Å². The van der Waals surface area contributed by atoms with E-state index >= 15 is 0 Å². The summed E-state index contributed by atoms with van der Waals surface area (Å²) in [5, 5.41) is 9.62. The van der Waals surface area contributed by atoms with E-state index in [1.54, 1.807) is 26.8 Å². The second-order valence-electron chi connectivity index (χ2n) is 5.91. The minimum absolute atomic E-state index is 0.0211. The van der Waals surface area contributed by atoms with Crippen LogP contribution in [-0.4, -0.2) is 35.9 Å². The Balaban J connectivity index is 2.39. The molecule has 1 amide bonds. The zero-order chi connectivity index (χ0) is 15.8. The normalized spacial score (nSPS) is 17.3. The number of amides is 1. The molecular weight excluding hydrogens is 274 g/mol. The molecule has 114 valence electrons. The molecule has 1 aromatic rings. The number of fused-ring (bicyclic) bond motifs is 1. The van der Waals surface area contributed by atoms with Crippen molar-refractivity contribution in [1.82, 2.24) is 0 Å². The molecule has 21 heavy (non-hydrogen) atoms. The van der Waals surface area contributed by atoms with Crippen LogP contribution in [0, 0.1) is 0 Å². The van der Waals surface area contributed by atoms with E-state index in [-0.39, 0.29) is 5.75 Å². The fourth-order valence-electron chi connectivity index (χ4n) is 2.28. The molecule has 6 nitrogen and oxygen atoms in total. The maximum absolute atomic E-state index is 12.4. The summed E-state index contributed by atoms with van der Waals surface area (Å²) in [6, 6.07) is 3.88. The van der Waals surface area contributed by atoms with Crippen molar-refractivity contribution >= 4 is 17.7 Å². The van der Waals surface area contributed by atoms with Gasteiger partial charge in [-0.1, -0.05) is 6.07 Å². The van der Waals surface area contributed by atoms with Crippen molar-refractivity contribution in [1.29, 1.82) is 0 Å². The van der Waals surface area contributed by atoms with Crippen molar-refractivity contribution in [2.24, 2.45) is 0 Å². The molecule has 1 atom stereocenters. The Hall–Kier alpha value is -2.24. The van der Waals surface area contributed by atoms with Gasteiger partial charge in [0, 0.05) is 12.5 Å². The molecule has 0 fully saturated rings. The van der Waals surface area contributed by atoms with E-state index in [4.69, 9.17) is 9.47 Å². The maximum Gasteiger partial charge on any atom is 0.415 e. The van der Waals surface area contributed by atoms with Crippen LogP contribution in [-0.2, 0) is 20.7 Å². The van der Waals surface area contributed by atoms with Crippen LogP contribution < -0.4 is 4.90 Å². The first-order chi connectivity index (χ1) is 9.73. The molecular formula is C15H19NO5. The lowest BCUT2D eigenvalue weighted by Gasteiger charge is -2.27. The molecule has 0 saturated carbocycles. The standard InChI is InChI=1S/C15H19NO5/c1-15(2,3)21-14(19)16-11-8-10(17)6-5-9(11)7-12(16)13(18)20-4/h5-6,8,12,17H,7H2,1-4H3. The van der Waals surface area contributed by atoms with Crippen molar-refractivity contribution in [3.05, 3.63) is 23.8 Å². The Morgan fingerprint density at radius 2 is 2.00 bits per heavy atom. The van der Waals surface area contributed by atoms with Gasteiger partial charge in [0.05, 0.1) is 12.8 Å². The molecule has 0 saturated heterocycles. The molecule has 0 spiro atoms. The summed E-state index contributed by atoms with van der Waals surface area (Å²) in [4.78, 5) is 25.5. The molecule has 0 bridgehead atoms. The average Bonchev–Trinajstić information content (AvgIpc) is 2.74. The van der Waals surface area contributed by atoms with Crippen LogP contribution >= 0.6 is 0 Å². The van der Waals surface area contributed by atoms with Gasteiger partial charge in [0.25, 0.3) is 0 Å². The van der Waals surface area contributed by atoms with Gasteiger partial charge in [0.2, 0.25) is 0 Å². The number of methoxy groups -OCH3 is 1. The van der Waals surface area contributed by atoms with Gasteiger partial charge in [0.1, 0.15) is 17.4 Å². The topological polar surface area (TPSA) is 76.1 Å².